The highest BCUT2D eigenvalue weighted by molar-refractivity contribution is 5.95. The average Bonchev–Trinajstić information content (AvgIpc) is 2.41. The van der Waals surface area contributed by atoms with Crippen molar-refractivity contribution in [3.63, 3.8) is 0 Å². The molecule has 0 saturated carbocycles. The molecule has 1 fully saturated rings. The Labute approximate surface area is 108 Å². The van der Waals surface area contributed by atoms with E-state index in [0.717, 1.165) is 37.1 Å². The topological polar surface area (TPSA) is 50.4 Å². The van der Waals surface area contributed by atoms with Crippen LogP contribution < -0.4 is 10.6 Å². The molecule has 2 rings (SSSR count). The highest BCUT2D eigenvalue weighted by atomic mass is 16.5. The van der Waals surface area contributed by atoms with Crippen LogP contribution in [0.3, 0.4) is 0 Å². The van der Waals surface area contributed by atoms with Crippen LogP contribution in [0.5, 0.6) is 0 Å². The molecule has 98 valence electrons. The third kappa shape index (κ3) is 3.31. The summed E-state index contributed by atoms with van der Waals surface area (Å²) in [6, 6.07) is 7.88. The van der Waals surface area contributed by atoms with Gasteiger partial charge in [-0.2, -0.15) is 0 Å². The van der Waals surface area contributed by atoms with Crippen molar-refractivity contribution in [2.45, 2.75) is 25.5 Å². The van der Waals surface area contributed by atoms with Gasteiger partial charge < -0.3 is 15.4 Å². The van der Waals surface area contributed by atoms with Gasteiger partial charge in [0.25, 0.3) is 5.91 Å². The van der Waals surface area contributed by atoms with Crippen molar-refractivity contribution >= 4 is 5.91 Å². The van der Waals surface area contributed by atoms with Gasteiger partial charge in [-0.3, -0.25) is 4.79 Å². The summed E-state index contributed by atoms with van der Waals surface area (Å²) in [5.41, 5.74) is 1.66. The van der Waals surface area contributed by atoms with E-state index in [2.05, 4.69) is 10.6 Å². The van der Waals surface area contributed by atoms with E-state index in [9.17, 15) is 4.79 Å². The second-order valence-electron chi connectivity index (χ2n) is 4.59. The molecule has 1 aromatic rings. The molecule has 0 radical (unpaired) electrons. The highest BCUT2D eigenvalue weighted by Gasteiger charge is 2.17. The fourth-order valence-electron chi connectivity index (χ4n) is 2.25. The molecule has 1 saturated heterocycles. The van der Waals surface area contributed by atoms with Crippen LogP contribution in [0.2, 0.25) is 0 Å². The molecule has 1 aromatic carbocycles. The maximum atomic E-state index is 12.2. The maximum absolute atomic E-state index is 12.2. The molecule has 4 nitrogen and oxygen atoms in total. The third-order valence-corrected chi connectivity index (χ3v) is 3.24. The molecule has 0 spiro atoms. The molecule has 1 aliphatic heterocycles. The van der Waals surface area contributed by atoms with Crippen LogP contribution in [0, 0.1) is 0 Å². The fraction of sp³-hybridized carbons (Fsp3) is 0.500. The number of rotatable bonds is 4. The van der Waals surface area contributed by atoms with E-state index in [1.807, 2.05) is 24.3 Å². The number of carbonyl (C=O) groups is 1. The number of ether oxygens (including phenoxy) is 1. The standard InChI is InChI=1S/C14H20N2O2/c1-18-10-11-4-2-3-5-13(11)14(17)16-12-6-8-15-9-7-12/h2-5,12,15H,6-10H2,1H3,(H,16,17). The zero-order valence-corrected chi connectivity index (χ0v) is 10.7. The Balaban J connectivity index is 2.03. The molecular weight excluding hydrogens is 228 g/mol. The van der Waals surface area contributed by atoms with E-state index >= 15 is 0 Å². The van der Waals surface area contributed by atoms with Crippen LogP contribution in [0.4, 0.5) is 0 Å². The van der Waals surface area contributed by atoms with Crippen LogP contribution in [-0.2, 0) is 11.3 Å². The van der Waals surface area contributed by atoms with Gasteiger partial charge in [0.2, 0.25) is 0 Å². The van der Waals surface area contributed by atoms with Crippen LogP contribution in [0.25, 0.3) is 0 Å². The first-order valence-corrected chi connectivity index (χ1v) is 6.39. The van der Waals surface area contributed by atoms with Crippen molar-refractivity contribution in [2.24, 2.45) is 0 Å². The molecule has 0 aromatic heterocycles. The largest absolute Gasteiger partial charge is 0.380 e. The van der Waals surface area contributed by atoms with Gasteiger partial charge in [-0.1, -0.05) is 18.2 Å². The number of hydrogen-bond acceptors (Lipinski definition) is 3. The van der Waals surface area contributed by atoms with E-state index in [-0.39, 0.29) is 11.9 Å². The van der Waals surface area contributed by atoms with Crippen LogP contribution in [-0.4, -0.2) is 32.1 Å². The highest BCUT2D eigenvalue weighted by Crippen LogP contribution is 2.11. The Morgan fingerprint density at radius 2 is 2.11 bits per heavy atom. The summed E-state index contributed by atoms with van der Waals surface area (Å²) in [7, 11) is 1.64. The van der Waals surface area contributed by atoms with Gasteiger partial charge in [0, 0.05) is 18.7 Å². The van der Waals surface area contributed by atoms with Gasteiger partial charge in [0.05, 0.1) is 6.61 Å². The van der Waals surface area contributed by atoms with Crippen molar-refractivity contribution in [1.82, 2.24) is 10.6 Å². The Bertz CT molecular complexity index is 401. The molecular formula is C14H20N2O2. The van der Waals surface area contributed by atoms with E-state index in [4.69, 9.17) is 4.74 Å². The van der Waals surface area contributed by atoms with Crippen LogP contribution in [0.1, 0.15) is 28.8 Å². The van der Waals surface area contributed by atoms with Gasteiger partial charge in [0.15, 0.2) is 0 Å². The number of benzene rings is 1. The van der Waals surface area contributed by atoms with Crippen molar-refractivity contribution < 1.29 is 9.53 Å². The molecule has 1 heterocycles. The minimum Gasteiger partial charge on any atom is -0.380 e. The lowest BCUT2D eigenvalue weighted by atomic mass is 10.0. The smallest absolute Gasteiger partial charge is 0.251 e. The third-order valence-electron chi connectivity index (χ3n) is 3.24. The quantitative estimate of drug-likeness (QED) is 0.845. The van der Waals surface area contributed by atoms with Gasteiger partial charge in [-0.25, -0.2) is 0 Å². The summed E-state index contributed by atoms with van der Waals surface area (Å²) in [4.78, 5) is 12.2. The molecule has 2 N–H and O–H groups in total. The lowest BCUT2D eigenvalue weighted by Crippen LogP contribution is -2.42. The van der Waals surface area contributed by atoms with Crippen LogP contribution in [0.15, 0.2) is 24.3 Å². The first-order chi connectivity index (χ1) is 8.81. The zero-order chi connectivity index (χ0) is 12.8. The van der Waals surface area contributed by atoms with Crippen molar-refractivity contribution in [1.29, 1.82) is 0 Å². The second kappa shape index (κ2) is 6.52. The summed E-state index contributed by atoms with van der Waals surface area (Å²) in [5.74, 6) is 0.00884. The lowest BCUT2D eigenvalue weighted by Gasteiger charge is -2.24. The molecule has 0 unspecified atom stereocenters. The number of nitrogens with one attached hydrogen (secondary N) is 2. The number of methoxy groups -OCH3 is 1. The van der Waals surface area contributed by atoms with Gasteiger partial charge in [-0.15, -0.1) is 0 Å². The normalized spacial score (nSPS) is 16.5. The maximum Gasteiger partial charge on any atom is 0.251 e. The van der Waals surface area contributed by atoms with Gasteiger partial charge in [-0.05, 0) is 37.6 Å². The lowest BCUT2D eigenvalue weighted by molar-refractivity contribution is 0.0924. The zero-order valence-electron chi connectivity index (χ0n) is 10.7. The van der Waals surface area contributed by atoms with Gasteiger partial charge >= 0.3 is 0 Å². The fourth-order valence-corrected chi connectivity index (χ4v) is 2.25. The number of piperidine rings is 1. The predicted molar refractivity (Wildman–Crippen MR) is 70.5 cm³/mol. The Morgan fingerprint density at radius 1 is 1.39 bits per heavy atom. The first kappa shape index (κ1) is 13.1. The monoisotopic (exact) mass is 248 g/mol. The van der Waals surface area contributed by atoms with Crippen molar-refractivity contribution in [3.8, 4) is 0 Å². The molecule has 1 aliphatic rings. The summed E-state index contributed by atoms with van der Waals surface area (Å²) in [6.07, 6.45) is 2.00. The Hall–Kier alpha value is -1.39. The molecule has 0 bridgehead atoms. The number of carbonyl (C=O) groups excluding carboxylic acids is 1. The Morgan fingerprint density at radius 3 is 2.83 bits per heavy atom. The Kier molecular flexibility index (Phi) is 4.73. The summed E-state index contributed by atoms with van der Waals surface area (Å²) in [6.45, 7) is 2.42. The minimum absolute atomic E-state index is 0.00884. The van der Waals surface area contributed by atoms with Crippen molar-refractivity contribution in [3.05, 3.63) is 35.4 Å². The number of hydrogen-bond donors (Lipinski definition) is 2. The van der Waals surface area contributed by atoms with Crippen LogP contribution >= 0.6 is 0 Å². The molecule has 18 heavy (non-hydrogen) atoms. The molecule has 0 atom stereocenters. The predicted octanol–water partition coefficient (Wildman–Crippen LogP) is 1.31. The van der Waals surface area contributed by atoms with Crippen molar-refractivity contribution in [2.75, 3.05) is 20.2 Å². The molecule has 4 heteroatoms. The van der Waals surface area contributed by atoms with E-state index in [1.165, 1.54) is 0 Å². The second-order valence-corrected chi connectivity index (χ2v) is 4.59. The molecule has 0 aliphatic carbocycles. The average molecular weight is 248 g/mol. The van der Waals surface area contributed by atoms with E-state index in [0.29, 0.717) is 6.61 Å². The summed E-state index contributed by atoms with van der Waals surface area (Å²) in [5, 5.41) is 6.39. The first-order valence-electron chi connectivity index (χ1n) is 6.39. The van der Waals surface area contributed by atoms with E-state index < -0.39 is 0 Å². The van der Waals surface area contributed by atoms with Gasteiger partial charge in [0.1, 0.15) is 0 Å². The SMILES string of the molecule is COCc1ccccc1C(=O)NC1CCNCC1. The summed E-state index contributed by atoms with van der Waals surface area (Å²) < 4.78 is 5.12. The minimum atomic E-state index is 0.00884. The molecule has 1 amide bonds. The summed E-state index contributed by atoms with van der Waals surface area (Å²) >= 11 is 0. The van der Waals surface area contributed by atoms with E-state index in [1.54, 1.807) is 7.11 Å². The number of amides is 1.